The summed E-state index contributed by atoms with van der Waals surface area (Å²) in [6.45, 7) is 3.33. The lowest BCUT2D eigenvalue weighted by Gasteiger charge is -2.39. The van der Waals surface area contributed by atoms with E-state index in [1.54, 1.807) is 7.11 Å². The molecule has 1 unspecified atom stereocenters. The molecule has 1 aromatic carbocycles. The fraction of sp³-hybridized carbons (Fsp3) is 0.500. The molecule has 104 valence electrons. The maximum Gasteiger partial charge on any atom is 0.120 e. The molecule has 1 aliphatic rings. The van der Waals surface area contributed by atoms with Gasteiger partial charge in [-0.3, -0.25) is 0 Å². The number of piperidine rings is 1. The smallest absolute Gasteiger partial charge is 0.120 e. The fourth-order valence-corrected chi connectivity index (χ4v) is 2.71. The van der Waals surface area contributed by atoms with Crippen molar-refractivity contribution in [1.82, 2.24) is 0 Å². The average Bonchev–Trinajstić information content (AvgIpc) is 2.36. The zero-order valence-electron chi connectivity index (χ0n) is 11.3. The summed E-state index contributed by atoms with van der Waals surface area (Å²) in [6, 6.07) is 5.65. The molecule has 1 aliphatic heterocycles. The monoisotopic (exact) mass is 280 g/mol. The number of hydrogen-bond acceptors (Lipinski definition) is 4. The van der Waals surface area contributed by atoms with Crippen LogP contribution in [0.2, 0.25) is 0 Å². The third kappa shape index (κ3) is 3.16. The summed E-state index contributed by atoms with van der Waals surface area (Å²) in [7, 11) is 1.63. The highest BCUT2D eigenvalue weighted by molar-refractivity contribution is 7.80. The zero-order chi connectivity index (χ0) is 14.0. The van der Waals surface area contributed by atoms with Crippen molar-refractivity contribution in [1.29, 1.82) is 0 Å². The third-order valence-electron chi connectivity index (χ3n) is 3.49. The molecule has 0 bridgehead atoms. The molecule has 0 amide bonds. The molecule has 0 radical (unpaired) electrons. The summed E-state index contributed by atoms with van der Waals surface area (Å²) in [4.78, 5) is 2.49. The van der Waals surface area contributed by atoms with Gasteiger partial charge in [0.05, 0.1) is 18.4 Å². The molecule has 19 heavy (non-hydrogen) atoms. The molecule has 4 nitrogen and oxygen atoms in total. The van der Waals surface area contributed by atoms with E-state index in [0.717, 1.165) is 36.4 Å². The van der Waals surface area contributed by atoms with Crippen LogP contribution in [0.4, 0.5) is 5.69 Å². The van der Waals surface area contributed by atoms with Gasteiger partial charge in [0.2, 0.25) is 0 Å². The van der Waals surface area contributed by atoms with E-state index < -0.39 is 5.60 Å². The summed E-state index contributed by atoms with van der Waals surface area (Å²) >= 11 is 5.10. The Bertz CT molecular complexity index is 488. The molecule has 1 atom stereocenters. The fourth-order valence-electron chi connectivity index (χ4n) is 2.53. The first-order chi connectivity index (χ1) is 8.93. The van der Waals surface area contributed by atoms with E-state index in [9.17, 15) is 5.11 Å². The Morgan fingerprint density at radius 3 is 2.84 bits per heavy atom. The Morgan fingerprint density at radius 2 is 2.26 bits per heavy atom. The summed E-state index contributed by atoms with van der Waals surface area (Å²) in [5, 5.41) is 10.2. The van der Waals surface area contributed by atoms with Gasteiger partial charge in [0.25, 0.3) is 0 Å². The number of nitrogens with zero attached hydrogens (tertiary/aromatic N) is 1. The molecule has 0 saturated carbocycles. The van der Waals surface area contributed by atoms with E-state index in [-0.39, 0.29) is 0 Å². The van der Waals surface area contributed by atoms with E-state index in [1.807, 2.05) is 25.1 Å². The minimum absolute atomic E-state index is 0.364. The molecule has 2 rings (SSSR count). The molecule has 5 heteroatoms. The first kappa shape index (κ1) is 14.1. The number of ether oxygens (including phenoxy) is 1. The lowest BCUT2D eigenvalue weighted by molar-refractivity contribution is 0.0449. The van der Waals surface area contributed by atoms with Crippen molar-refractivity contribution < 1.29 is 9.84 Å². The third-order valence-corrected chi connectivity index (χ3v) is 3.71. The topological polar surface area (TPSA) is 58.7 Å². The number of aliphatic hydroxyl groups is 1. The zero-order valence-corrected chi connectivity index (χ0v) is 12.2. The SMILES string of the molecule is COc1ccc(C(N)=S)c(N2CCCC(C)(O)C2)c1. The molecule has 0 spiro atoms. The van der Waals surface area contributed by atoms with Gasteiger partial charge < -0.3 is 20.5 Å². The Balaban J connectivity index is 2.38. The Labute approximate surface area is 119 Å². The largest absolute Gasteiger partial charge is 0.497 e. The minimum atomic E-state index is -0.672. The first-order valence-electron chi connectivity index (χ1n) is 6.38. The van der Waals surface area contributed by atoms with Gasteiger partial charge in [-0.2, -0.15) is 0 Å². The van der Waals surface area contributed by atoms with Crippen LogP contribution in [0.25, 0.3) is 0 Å². The summed E-state index contributed by atoms with van der Waals surface area (Å²) in [5.74, 6) is 0.764. The van der Waals surface area contributed by atoms with Crippen LogP contribution >= 0.6 is 12.2 Å². The number of nitrogens with two attached hydrogens (primary N) is 1. The standard InChI is InChI=1S/C14H20N2O2S/c1-14(17)6-3-7-16(9-14)12-8-10(18-2)4-5-11(12)13(15)19/h4-5,8,17H,3,6-7,9H2,1-2H3,(H2,15,19). The van der Waals surface area contributed by atoms with Gasteiger partial charge in [0, 0.05) is 24.7 Å². The lowest BCUT2D eigenvalue weighted by atomic mass is 9.94. The van der Waals surface area contributed by atoms with Gasteiger partial charge in [-0.05, 0) is 31.9 Å². The molecular weight excluding hydrogens is 260 g/mol. The van der Waals surface area contributed by atoms with Gasteiger partial charge in [0.15, 0.2) is 0 Å². The number of β-amino-alcohol motifs (C(OH)–C–C–N with tert-alkyl or cyclic N) is 1. The number of thiocarbonyl (C=S) groups is 1. The van der Waals surface area contributed by atoms with E-state index in [0.29, 0.717) is 11.5 Å². The van der Waals surface area contributed by atoms with E-state index >= 15 is 0 Å². The Kier molecular flexibility index (Phi) is 3.96. The molecular formula is C14H20N2O2S. The van der Waals surface area contributed by atoms with Crippen LogP contribution < -0.4 is 15.4 Å². The molecule has 0 aromatic heterocycles. The predicted molar refractivity (Wildman–Crippen MR) is 81.0 cm³/mol. The van der Waals surface area contributed by atoms with Gasteiger partial charge in [-0.15, -0.1) is 0 Å². The van der Waals surface area contributed by atoms with Crippen molar-refractivity contribution >= 4 is 22.9 Å². The normalized spacial score (nSPS) is 23.2. The van der Waals surface area contributed by atoms with Crippen molar-refractivity contribution in [2.24, 2.45) is 5.73 Å². The van der Waals surface area contributed by atoms with Gasteiger partial charge >= 0.3 is 0 Å². The predicted octanol–water partition coefficient (Wildman–Crippen LogP) is 1.68. The molecule has 1 saturated heterocycles. The minimum Gasteiger partial charge on any atom is -0.497 e. The highest BCUT2D eigenvalue weighted by Gasteiger charge is 2.29. The van der Waals surface area contributed by atoms with Crippen molar-refractivity contribution in [3.63, 3.8) is 0 Å². The van der Waals surface area contributed by atoms with Crippen LogP contribution in [0, 0.1) is 0 Å². The number of benzene rings is 1. The van der Waals surface area contributed by atoms with Crippen LogP contribution in [-0.4, -0.2) is 35.9 Å². The Hall–Kier alpha value is -1.33. The maximum atomic E-state index is 10.2. The summed E-state index contributed by atoms with van der Waals surface area (Å²) in [5.41, 5.74) is 6.87. The van der Waals surface area contributed by atoms with Gasteiger partial charge in [0.1, 0.15) is 10.7 Å². The lowest BCUT2D eigenvalue weighted by Crippen LogP contribution is -2.46. The molecule has 3 N–H and O–H groups in total. The number of hydrogen-bond donors (Lipinski definition) is 2. The van der Waals surface area contributed by atoms with Crippen molar-refractivity contribution in [2.45, 2.75) is 25.4 Å². The van der Waals surface area contributed by atoms with Crippen LogP contribution in [0.15, 0.2) is 18.2 Å². The first-order valence-corrected chi connectivity index (χ1v) is 6.79. The second-order valence-corrected chi connectivity index (χ2v) is 5.71. The highest BCUT2D eigenvalue weighted by Crippen LogP contribution is 2.31. The van der Waals surface area contributed by atoms with Crippen LogP contribution in [0.5, 0.6) is 5.75 Å². The van der Waals surface area contributed by atoms with Crippen LogP contribution in [0.1, 0.15) is 25.3 Å². The maximum absolute atomic E-state index is 10.2. The van der Waals surface area contributed by atoms with E-state index in [1.165, 1.54) is 0 Å². The van der Waals surface area contributed by atoms with Crippen LogP contribution in [0.3, 0.4) is 0 Å². The number of rotatable bonds is 3. The number of methoxy groups -OCH3 is 1. The average molecular weight is 280 g/mol. The highest BCUT2D eigenvalue weighted by atomic mass is 32.1. The van der Waals surface area contributed by atoms with Crippen molar-refractivity contribution in [3.8, 4) is 5.75 Å². The van der Waals surface area contributed by atoms with Crippen molar-refractivity contribution in [3.05, 3.63) is 23.8 Å². The van der Waals surface area contributed by atoms with Crippen molar-refractivity contribution in [2.75, 3.05) is 25.1 Å². The molecule has 1 aromatic rings. The summed E-state index contributed by atoms with van der Waals surface area (Å²) in [6.07, 6.45) is 1.76. The van der Waals surface area contributed by atoms with Gasteiger partial charge in [-0.1, -0.05) is 12.2 Å². The second kappa shape index (κ2) is 5.35. The van der Waals surface area contributed by atoms with E-state index in [2.05, 4.69) is 4.90 Å². The number of anilines is 1. The molecule has 1 fully saturated rings. The quantitative estimate of drug-likeness (QED) is 0.825. The summed E-state index contributed by atoms with van der Waals surface area (Å²) < 4.78 is 5.26. The molecule has 1 heterocycles. The second-order valence-electron chi connectivity index (χ2n) is 5.27. The van der Waals surface area contributed by atoms with Crippen LogP contribution in [-0.2, 0) is 0 Å². The Morgan fingerprint density at radius 1 is 1.53 bits per heavy atom. The van der Waals surface area contributed by atoms with E-state index in [4.69, 9.17) is 22.7 Å². The molecule has 0 aliphatic carbocycles. The van der Waals surface area contributed by atoms with Gasteiger partial charge in [-0.25, -0.2) is 0 Å².